The van der Waals surface area contributed by atoms with Crippen molar-refractivity contribution in [2.75, 3.05) is 62.3 Å². The number of aromatic nitrogens is 5. The molecular weight excluding hydrogens is 511 g/mol. The number of benzene rings is 2. The molecule has 0 aliphatic carbocycles. The van der Waals surface area contributed by atoms with E-state index in [1.807, 2.05) is 31.2 Å². The number of rotatable bonds is 10. The smallest absolute Gasteiger partial charge is 0.255 e. The molecule has 3 heterocycles. The van der Waals surface area contributed by atoms with Gasteiger partial charge < -0.3 is 20.9 Å². The van der Waals surface area contributed by atoms with Crippen molar-refractivity contribution in [3.8, 4) is 5.82 Å². The first kappa shape index (κ1) is 27.2. The molecule has 0 atom stereocenters. The average Bonchev–Trinajstić information content (AvgIpc) is 3.44. The second-order valence-electron chi connectivity index (χ2n) is 9.77. The Morgan fingerprint density at radius 2 is 1.85 bits per heavy atom. The van der Waals surface area contributed by atoms with E-state index in [2.05, 4.69) is 52.8 Å². The van der Waals surface area contributed by atoms with Gasteiger partial charge in [-0.25, -0.2) is 14.4 Å². The summed E-state index contributed by atoms with van der Waals surface area (Å²) in [7, 11) is 2.15. The van der Waals surface area contributed by atoms with Gasteiger partial charge in [0, 0.05) is 62.3 Å². The number of amides is 1. The number of anilines is 4. The van der Waals surface area contributed by atoms with Crippen LogP contribution in [-0.4, -0.2) is 86.8 Å². The largest absolute Gasteiger partial charge is 0.369 e. The van der Waals surface area contributed by atoms with Crippen LogP contribution in [0.4, 0.5) is 27.5 Å². The van der Waals surface area contributed by atoms with Gasteiger partial charge in [0.15, 0.2) is 5.82 Å². The van der Waals surface area contributed by atoms with E-state index in [-0.39, 0.29) is 5.91 Å². The lowest BCUT2D eigenvalue weighted by molar-refractivity contribution is 0.102. The molecular formula is C28H33FN10O. The first-order valence-corrected chi connectivity index (χ1v) is 13.2. The van der Waals surface area contributed by atoms with Gasteiger partial charge in [0.05, 0.1) is 0 Å². The maximum atomic E-state index is 13.0. The van der Waals surface area contributed by atoms with Crippen LogP contribution in [0, 0.1) is 6.92 Å². The lowest BCUT2D eigenvalue weighted by Gasteiger charge is -2.32. The van der Waals surface area contributed by atoms with Gasteiger partial charge in [-0.2, -0.15) is 14.8 Å². The minimum Gasteiger partial charge on any atom is -0.369 e. The second kappa shape index (κ2) is 12.6. The minimum absolute atomic E-state index is 0.318. The summed E-state index contributed by atoms with van der Waals surface area (Å²) in [4.78, 5) is 30.6. The van der Waals surface area contributed by atoms with Gasteiger partial charge >= 0.3 is 0 Å². The summed E-state index contributed by atoms with van der Waals surface area (Å²) in [5.74, 6) is 1.41. The number of hydrogen-bond acceptors (Lipinski definition) is 9. The van der Waals surface area contributed by atoms with Gasteiger partial charge in [-0.05, 0) is 49.4 Å². The molecule has 0 bridgehead atoms. The SMILES string of the molecule is Cc1ccc(NC(=O)c2cccc(CF)c2)cc1Nc1ncnn1-c1cc(NCCN2CCN(C)CC2)ncn1. The molecule has 1 fully saturated rings. The molecule has 1 aliphatic rings. The van der Waals surface area contributed by atoms with Crippen LogP contribution in [0.3, 0.4) is 0 Å². The van der Waals surface area contributed by atoms with Crippen LogP contribution in [0.25, 0.3) is 5.82 Å². The highest BCUT2D eigenvalue weighted by Gasteiger charge is 2.15. The van der Waals surface area contributed by atoms with E-state index < -0.39 is 6.67 Å². The van der Waals surface area contributed by atoms with Crippen molar-refractivity contribution in [1.29, 1.82) is 0 Å². The van der Waals surface area contributed by atoms with Crippen molar-refractivity contribution in [1.82, 2.24) is 34.5 Å². The van der Waals surface area contributed by atoms with Crippen LogP contribution >= 0.6 is 0 Å². The lowest BCUT2D eigenvalue weighted by Crippen LogP contribution is -2.45. The van der Waals surface area contributed by atoms with E-state index in [0.29, 0.717) is 34.4 Å². The lowest BCUT2D eigenvalue weighted by atomic mass is 10.1. The van der Waals surface area contributed by atoms with Crippen LogP contribution in [0.5, 0.6) is 0 Å². The minimum atomic E-state index is -0.624. The summed E-state index contributed by atoms with van der Waals surface area (Å²) in [6, 6.07) is 13.9. The third-order valence-corrected chi connectivity index (χ3v) is 6.83. The zero-order chi connectivity index (χ0) is 27.9. The van der Waals surface area contributed by atoms with Gasteiger partial charge in [-0.3, -0.25) is 9.69 Å². The number of aryl methyl sites for hydroxylation is 1. The van der Waals surface area contributed by atoms with Crippen LogP contribution in [-0.2, 0) is 6.67 Å². The van der Waals surface area contributed by atoms with Gasteiger partial charge in [0.25, 0.3) is 5.91 Å². The molecule has 2 aromatic heterocycles. The quantitative estimate of drug-likeness (QED) is 0.276. The van der Waals surface area contributed by atoms with E-state index >= 15 is 0 Å². The Morgan fingerprint density at radius 1 is 1.00 bits per heavy atom. The fourth-order valence-corrected chi connectivity index (χ4v) is 4.42. The molecule has 0 unspecified atom stereocenters. The normalized spacial score (nSPS) is 14.2. The topological polar surface area (TPSA) is 116 Å². The van der Waals surface area contributed by atoms with Crippen molar-refractivity contribution < 1.29 is 9.18 Å². The highest BCUT2D eigenvalue weighted by Crippen LogP contribution is 2.25. The molecule has 3 N–H and O–H groups in total. The van der Waals surface area contributed by atoms with Crippen LogP contribution in [0.15, 0.2) is 61.2 Å². The van der Waals surface area contributed by atoms with Crippen LogP contribution < -0.4 is 16.0 Å². The molecule has 0 spiro atoms. The molecule has 4 aromatic rings. The number of alkyl halides is 1. The van der Waals surface area contributed by atoms with Crippen molar-refractivity contribution in [2.45, 2.75) is 13.6 Å². The third kappa shape index (κ3) is 6.77. The first-order valence-electron chi connectivity index (χ1n) is 13.2. The van der Waals surface area contributed by atoms with Crippen LogP contribution in [0.1, 0.15) is 21.5 Å². The zero-order valence-corrected chi connectivity index (χ0v) is 22.6. The van der Waals surface area contributed by atoms with E-state index in [0.717, 1.165) is 50.5 Å². The first-order chi connectivity index (χ1) is 19.5. The molecule has 5 rings (SSSR count). The number of carbonyl (C=O) groups is 1. The Bertz CT molecular complexity index is 1450. The average molecular weight is 545 g/mol. The van der Waals surface area contributed by atoms with Gasteiger partial charge in [0.2, 0.25) is 5.95 Å². The summed E-state index contributed by atoms with van der Waals surface area (Å²) < 4.78 is 14.6. The summed E-state index contributed by atoms with van der Waals surface area (Å²) >= 11 is 0. The Morgan fingerprint density at radius 3 is 2.67 bits per heavy atom. The van der Waals surface area contributed by atoms with E-state index in [9.17, 15) is 9.18 Å². The predicted molar refractivity (Wildman–Crippen MR) is 153 cm³/mol. The summed E-state index contributed by atoms with van der Waals surface area (Å²) in [6.07, 6.45) is 2.95. The molecule has 1 saturated heterocycles. The molecule has 1 amide bonds. The second-order valence-corrected chi connectivity index (χ2v) is 9.77. The third-order valence-electron chi connectivity index (χ3n) is 6.83. The highest BCUT2D eigenvalue weighted by atomic mass is 19.1. The number of piperazine rings is 1. The van der Waals surface area contributed by atoms with E-state index in [4.69, 9.17) is 0 Å². The molecule has 40 heavy (non-hydrogen) atoms. The molecule has 208 valence electrons. The maximum absolute atomic E-state index is 13.0. The summed E-state index contributed by atoms with van der Waals surface area (Å²) in [5.41, 5.74) is 3.12. The Labute approximate surface area is 232 Å². The Kier molecular flexibility index (Phi) is 8.57. The number of carbonyl (C=O) groups excluding carboxylic acids is 1. The van der Waals surface area contributed by atoms with Crippen molar-refractivity contribution in [2.24, 2.45) is 0 Å². The highest BCUT2D eigenvalue weighted by molar-refractivity contribution is 6.04. The van der Waals surface area contributed by atoms with E-state index in [1.165, 1.54) is 12.7 Å². The number of halogens is 1. The molecule has 0 saturated carbocycles. The molecule has 11 nitrogen and oxygen atoms in total. The van der Waals surface area contributed by atoms with Gasteiger partial charge in [-0.15, -0.1) is 0 Å². The fraction of sp³-hybridized carbons (Fsp3) is 0.321. The molecule has 12 heteroatoms. The van der Waals surface area contributed by atoms with Crippen molar-refractivity contribution in [3.05, 3.63) is 77.9 Å². The zero-order valence-electron chi connectivity index (χ0n) is 22.6. The van der Waals surface area contributed by atoms with Crippen LogP contribution in [0.2, 0.25) is 0 Å². The Hall–Kier alpha value is -4.42. The summed E-state index contributed by atoms with van der Waals surface area (Å²) in [5, 5.41) is 13.9. The van der Waals surface area contributed by atoms with Gasteiger partial charge in [0.1, 0.15) is 25.1 Å². The predicted octanol–water partition coefficient (Wildman–Crippen LogP) is 3.49. The molecule has 0 radical (unpaired) electrons. The van der Waals surface area contributed by atoms with Crippen molar-refractivity contribution in [3.63, 3.8) is 0 Å². The summed E-state index contributed by atoms with van der Waals surface area (Å²) in [6.45, 7) is 7.35. The maximum Gasteiger partial charge on any atom is 0.255 e. The van der Waals surface area contributed by atoms with E-state index in [1.54, 1.807) is 28.9 Å². The standard InChI is InChI=1S/C28H33FN10O/c1-20-6-7-23(35-27(40)22-5-3-4-21(14-22)17-29)15-24(20)36-28-33-19-34-39(28)26-16-25(31-18-32-26)30-8-9-38-12-10-37(2)11-13-38/h3-7,14-16,18-19H,8-13,17H2,1-2H3,(H,35,40)(H,30,31,32)(H,33,34,36). The fourth-order valence-electron chi connectivity index (χ4n) is 4.42. The van der Waals surface area contributed by atoms with Gasteiger partial charge in [-0.1, -0.05) is 18.2 Å². The number of nitrogens with one attached hydrogen (secondary N) is 3. The Balaban J connectivity index is 1.25. The number of hydrogen-bond donors (Lipinski definition) is 3. The molecule has 2 aromatic carbocycles. The molecule has 1 aliphatic heterocycles. The monoisotopic (exact) mass is 544 g/mol. The van der Waals surface area contributed by atoms with Crippen molar-refractivity contribution >= 4 is 29.0 Å². The number of nitrogens with zero attached hydrogens (tertiary/aromatic N) is 7. The number of likely N-dealkylation sites (N-methyl/N-ethyl adjacent to an activating group) is 1.